The molecular formula is C20H15F6N3O2S. The van der Waals surface area contributed by atoms with E-state index in [2.05, 4.69) is 15.6 Å². The van der Waals surface area contributed by atoms with Crippen LogP contribution >= 0.6 is 11.8 Å². The summed E-state index contributed by atoms with van der Waals surface area (Å²) in [6.07, 6.45) is -10.3. The second kappa shape index (κ2) is 9.23. The third-order valence-corrected chi connectivity index (χ3v) is 5.35. The second-order valence-corrected chi connectivity index (χ2v) is 7.94. The summed E-state index contributed by atoms with van der Waals surface area (Å²) in [4.78, 5) is 27.8. The van der Waals surface area contributed by atoms with Gasteiger partial charge in [0.1, 0.15) is 5.25 Å². The molecule has 32 heavy (non-hydrogen) atoms. The zero-order valence-corrected chi connectivity index (χ0v) is 16.9. The van der Waals surface area contributed by atoms with Crippen LogP contribution in [0.4, 0.5) is 32.0 Å². The number of benzene rings is 2. The van der Waals surface area contributed by atoms with Gasteiger partial charge in [-0.05, 0) is 23.8 Å². The zero-order chi connectivity index (χ0) is 23.5. The maximum Gasteiger partial charge on any atom is 0.416 e. The van der Waals surface area contributed by atoms with Crippen LogP contribution in [0, 0.1) is 0 Å². The SMILES string of the molecule is O=C(CC1SC(Nc2cc(C(F)(F)F)cc(C(F)(F)F)c2)=NC1=O)NCc1ccccc1. The number of halogens is 6. The molecule has 0 spiro atoms. The van der Waals surface area contributed by atoms with E-state index in [0.29, 0.717) is 12.1 Å². The number of hydrogen-bond acceptors (Lipinski definition) is 4. The fourth-order valence-electron chi connectivity index (χ4n) is 2.76. The summed E-state index contributed by atoms with van der Waals surface area (Å²) in [7, 11) is 0. The van der Waals surface area contributed by atoms with Crippen LogP contribution in [0.1, 0.15) is 23.1 Å². The minimum absolute atomic E-state index is 0.000188. The highest BCUT2D eigenvalue weighted by Gasteiger charge is 2.37. The lowest BCUT2D eigenvalue weighted by Crippen LogP contribution is -2.27. The topological polar surface area (TPSA) is 70.6 Å². The Kier molecular flexibility index (Phi) is 6.82. The number of nitrogens with one attached hydrogen (secondary N) is 2. The van der Waals surface area contributed by atoms with Crippen molar-refractivity contribution in [1.29, 1.82) is 0 Å². The van der Waals surface area contributed by atoms with Crippen molar-refractivity contribution in [3.63, 3.8) is 0 Å². The van der Waals surface area contributed by atoms with E-state index in [0.717, 1.165) is 17.3 Å². The zero-order valence-electron chi connectivity index (χ0n) is 16.1. The highest BCUT2D eigenvalue weighted by Crippen LogP contribution is 2.38. The average molecular weight is 475 g/mol. The Hall–Kier alpha value is -3.02. The minimum atomic E-state index is -5.00. The van der Waals surface area contributed by atoms with E-state index < -0.39 is 46.2 Å². The smallest absolute Gasteiger partial charge is 0.352 e. The van der Waals surface area contributed by atoms with E-state index in [-0.39, 0.29) is 24.2 Å². The number of nitrogens with zero attached hydrogens (tertiary/aromatic N) is 1. The summed E-state index contributed by atoms with van der Waals surface area (Å²) >= 11 is 0.756. The maximum absolute atomic E-state index is 13.0. The maximum atomic E-state index is 13.0. The molecule has 12 heteroatoms. The fraction of sp³-hybridized carbons (Fsp3) is 0.250. The summed E-state index contributed by atoms with van der Waals surface area (Å²) in [5.41, 5.74) is -2.68. The number of carbonyl (C=O) groups excluding carboxylic acids is 2. The predicted molar refractivity (Wildman–Crippen MR) is 107 cm³/mol. The van der Waals surface area contributed by atoms with Crippen LogP contribution in [0.15, 0.2) is 53.5 Å². The Morgan fingerprint density at radius 2 is 1.56 bits per heavy atom. The van der Waals surface area contributed by atoms with Crippen molar-refractivity contribution in [2.75, 3.05) is 5.32 Å². The first kappa shape index (κ1) is 23.6. The molecule has 0 aliphatic carbocycles. The summed E-state index contributed by atoms with van der Waals surface area (Å²) in [6.45, 7) is 0.238. The van der Waals surface area contributed by atoms with Gasteiger partial charge in [-0.1, -0.05) is 42.1 Å². The van der Waals surface area contributed by atoms with Crippen molar-refractivity contribution in [2.45, 2.75) is 30.6 Å². The van der Waals surface area contributed by atoms with Crippen molar-refractivity contribution in [2.24, 2.45) is 4.99 Å². The first-order valence-electron chi connectivity index (χ1n) is 9.08. The van der Waals surface area contributed by atoms with E-state index in [1.807, 2.05) is 6.07 Å². The van der Waals surface area contributed by atoms with E-state index in [9.17, 15) is 35.9 Å². The molecule has 1 unspecified atom stereocenters. The standard InChI is InChI=1S/C20H15F6N3O2S/c21-19(22,23)12-6-13(20(24,25)26)8-14(7-12)28-18-29-17(31)15(32-18)9-16(30)27-10-11-4-2-1-3-5-11/h1-8,15H,9-10H2,(H,27,30)(H,28,29,31). The number of aliphatic imine (C=N–C) groups is 1. The van der Waals surface area contributed by atoms with Gasteiger partial charge < -0.3 is 10.6 Å². The molecule has 1 atom stereocenters. The highest BCUT2D eigenvalue weighted by atomic mass is 32.2. The van der Waals surface area contributed by atoms with Gasteiger partial charge in [0.25, 0.3) is 5.91 Å². The molecule has 1 aliphatic heterocycles. The van der Waals surface area contributed by atoms with Crippen molar-refractivity contribution in [1.82, 2.24) is 5.32 Å². The monoisotopic (exact) mass is 475 g/mol. The Morgan fingerprint density at radius 3 is 2.12 bits per heavy atom. The molecule has 2 N–H and O–H groups in total. The van der Waals surface area contributed by atoms with E-state index in [4.69, 9.17) is 0 Å². The molecule has 2 amide bonds. The molecule has 0 aromatic heterocycles. The van der Waals surface area contributed by atoms with Gasteiger partial charge in [-0.15, -0.1) is 0 Å². The number of carbonyl (C=O) groups is 2. The van der Waals surface area contributed by atoms with Gasteiger partial charge in [-0.25, -0.2) is 0 Å². The number of thioether (sulfide) groups is 1. The third-order valence-electron chi connectivity index (χ3n) is 4.28. The number of amides is 2. The molecule has 3 rings (SSSR count). The molecule has 2 aromatic carbocycles. The van der Waals surface area contributed by atoms with Gasteiger partial charge in [0, 0.05) is 18.7 Å². The van der Waals surface area contributed by atoms with E-state index >= 15 is 0 Å². The lowest BCUT2D eigenvalue weighted by molar-refractivity contribution is -0.143. The number of rotatable bonds is 5. The lowest BCUT2D eigenvalue weighted by atomic mass is 10.1. The molecule has 1 aliphatic rings. The van der Waals surface area contributed by atoms with Crippen LogP contribution in [0.25, 0.3) is 0 Å². The van der Waals surface area contributed by atoms with Crippen LogP contribution in [0.3, 0.4) is 0 Å². The normalized spacial score (nSPS) is 16.6. The Balaban J connectivity index is 1.65. The van der Waals surface area contributed by atoms with Crippen LogP contribution in [0.2, 0.25) is 0 Å². The molecule has 0 saturated carbocycles. The first-order chi connectivity index (χ1) is 14.9. The van der Waals surface area contributed by atoms with Crippen LogP contribution in [-0.2, 0) is 28.5 Å². The molecule has 1 heterocycles. The Bertz CT molecular complexity index is 1010. The van der Waals surface area contributed by atoms with Crippen molar-refractivity contribution >= 4 is 34.4 Å². The largest absolute Gasteiger partial charge is 0.416 e. The van der Waals surface area contributed by atoms with Crippen molar-refractivity contribution in [3.8, 4) is 0 Å². The summed E-state index contributed by atoms with van der Waals surface area (Å²) in [6, 6.07) is 9.97. The van der Waals surface area contributed by atoms with Gasteiger partial charge in [0.05, 0.1) is 11.1 Å². The molecule has 2 aromatic rings. The molecule has 0 bridgehead atoms. The second-order valence-electron chi connectivity index (χ2n) is 6.75. The molecule has 0 saturated heterocycles. The van der Waals surface area contributed by atoms with Gasteiger partial charge >= 0.3 is 12.4 Å². The first-order valence-corrected chi connectivity index (χ1v) is 9.96. The van der Waals surface area contributed by atoms with Gasteiger partial charge in [0.15, 0.2) is 5.17 Å². The quantitative estimate of drug-likeness (QED) is 0.608. The molecule has 5 nitrogen and oxygen atoms in total. The molecular weight excluding hydrogens is 460 g/mol. The van der Waals surface area contributed by atoms with Crippen molar-refractivity contribution < 1.29 is 35.9 Å². The van der Waals surface area contributed by atoms with Gasteiger partial charge in [-0.2, -0.15) is 31.3 Å². The lowest BCUT2D eigenvalue weighted by Gasteiger charge is -2.15. The minimum Gasteiger partial charge on any atom is -0.352 e. The van der Waals surface area contributed by atoms with Gasteiger partial charge in [0.2, 0.25) is 5.91 Å². The van der Waals surface area contributed by atoms with E-state index in [1.165, 1.54) is 0 Å². The van der Waals surface area contributed by atoms with Crippen LogP contribution < -0.4 is 10.6 Å². The van der Waals surface area contributed by atoms with Crippen LogP contribution in [-0.4, -0.2) is 22.2 Å². The predicted octanol–water partition coefficient (Wildman–Crippen LogP) is 4.84. The summed E-state index contributed by atoms with van der Waals surface area (Å²) < 4.78 is 77.9. The number of amidine groups is 1. The Morgan fingerprint density at radius 1 is 0.969 bits per heavy atom. The van der Waals surface area contributed by atoms with E-state index in [1.54, 1.807) is 24.3 Å². The molecule has 0 fully saturated rings. The number of hydrogen-bond donors (Lipinski definition) is 2. The number of anilines is 1. The average Bonchev–Trinajstić information content (AvgIpc) is 3.04. The van der Waals surface area contributed by atoms with Gasteiger partial charge in [-0.3, -0.25) is 9.59 Å². The Labute approximate surface area is 182 Å². The third kappa shape index (κ3) is 6.25. The fourth-order valence-corrected chi connectivity index (χ4v) is 3.73. The summed E-state index contributed by atoms with van der Waals surface area (Å²) in [5, 5.41) is 3.82. The molecule has 170 valence electrons. The molecule has 0 radical (unpaired) electrons. The highest BCUT2D eigenvalue weighted by molar-refractivity contribution is 8.15. The van der Waals surface area contributed by atoms with Crippen LogP contribution in [0.5, 0.6) is 0 Å². The summed E-state index contributed by atoms with van der Waals surface area (Å²) in [5.74, 6) is -1.16. The number of alkyl halides is 6. The van der Waals surface area contributed by atoms with Crippen molar-refractivity contribution in [3.05, 3.63) is 65.2 Å².